The highest BCUT2D eigenvalue weighted by molar-refractivity contribution is 6.33. The van der Waals surface area contributed by atoms with Gasteiger partial charge in [0.05, 0.1) is 17.8 Å². The van der Waals surface area contributed by atoms with Crippen molar-refractivity contribution in [1.82, 2.24) is 0 Å². The average Bonchev–Trinajstić information content (AvgIpc) is 2.60. The van der Waals surface area contributed by atoms with Crippen LogP contribution in [0.5, 0.6) is 5.75 Å². The lowest BCUT2D eigenvalue weighted by atomic mass is 10.1. The number of rotatable bonds is 5. The highest BCUT2D eigenvalue weighted by Gasteiger charge is 2.16. The number of aromatic hydroxyl groups is 1. The van der Waals surface area contributed by atoms with Gasteiger partial charge in [-0.2, -0.15) is 0 Å². The second kappa shape index (κ2) is 7.82. The normalized spacial score (nSPS) is 12.1. The third-order valence-electron chi connectivity index (χ3n) is 4.32. The standard InChI is InChI=1S/C20H19ClN2O4/c1-12-17(24)8-7-14-13(9-19(26)27-20(12)14)10-23(2)11-18(25)22-16-6-4-3-5-15(16)21/h3-9,24H,10-11H2,1-2H3,(H,22,25)/p+1. The van der Waals surface area contributed by atoms with Crippen LogP contribution in [0.2, 0.25) is 5.02 Å². The van der Waals surface area contributed by atoms with Gasteiger partial charge in [0.15, 0.2) is 6.54 Å². The Hall–Kier alpha value is -2.83. The summed E-state index contributed by atoms with van der Waals surface area (Å²) in [5, 5.41) is 13.8. The zero-order chi connectivity index (χ0) is 19.6. The molecule has 1 heterocycles. The predicted molar refractivity (Wildman–Crippen MR) is 104 cm³/mol. The molecule has 0 aliphatic carbocycles. The van der Waals surface area contributed by atoms with Gasteiger partial charge < -0.3 is 19.7 Å². The first-order valence-electron chi connectivity index (χ1n) is 8.46. The van der Waals surface area contributed by atoms with Crippen molar-refractivity contribution < 1.29 is 19.2 Å². The summed E-state index contributed by atoms with van der Waals surface area (Å²) in [6, 6.07) is 11.7. The first-order chi connectivity index (χ1) is 12.8. The van der Waals surface area contributed by atoms with Crippen LogP contribution in [0.3, 0.4) is 0 Å². The van der Waals surface area contributed by atoms with Crippen LogP contribution in [0.25, 0.3) is 11.0 Å². The Bertz CT molecular complexity index is 1060. The highest BCUT2D eigenvalue weighted by Crippen LogP contribution is 2.27. The number of carbonyl (C=O) groups is 1. The fourth-order valence-corrected chi connectivity index (χ4v) is 3.16. The molecule has 0 bridgehead atoms. The first-order valence-corrected chi connectivity index (χ1v) is 8.84. The lowest BCUT2D eigenvalue weighted by Gasteiger charge is -2.15. The second-order valence-electron chi connectivity index (χ2n) is 6.52. The van der Waals surface area contributed by atoms with Crippen LogP contribution < -0.4 is 15.8 Å². The van der Waals surface area contributed by atoms with Crippen molar-refractivity contribution >= 4 is 34.2 Å². The van der Waals surface area contributed by atoms with Gasteiger partial charge in [0.25, 0.3) is 5.91 Å². The largest absolute Gasteiger partial charge is 0.508 e. The summed E-state index contributed by atoms with van der Waals surface area (Å²) in [5.74, 6) is -0.107. The Morgan fingerprint density at radius 2 is 2.00 bits per heavy atom. The van der Waals surface area contributed by atoms with Crippen LogP contribution in [0.4, 0.5) is 5.69 Å². The fraction of sp³-hybridized carbons (Fsp3) is 0.200. The van der Waals surface area contributed by atoms with E-state index in [4.69, 9.17) is 16.0 Å². The van der Waals surface area contributed by atoms with Gasteiger partial charge in [-0.3, -0.25) is 4.79 Å². The van der Waals surface area contributed by atoms with Gasteiger partial charge in [-0.05, 0) is 31.2 Å². The summed E-state index contributed by atoms with van der Waals surface area (Å²) in [4.78, 5) is 25.1. The van der Waals surface area contributed by atoms with Crippen molar-refractivity contribution in [3.63, 3.8) is 0 Å². The average molecular weight is 388 g/mol. The van der Waals surface area contributed by atoms with E-state index in [0.29, 0.717) is 28.4 Å². The number of amides is 1. The number of likely N-dealkylation sites (N-methyl/N-ethyl adjacent to an activating group) is 1. The number of quaternary nitrogens is 1. The van der Waals surface area contributed by atoms with Crippen molar-refractivity contribution in [3.8, 4) is 5.75 Å². The molecule has 7 heteroatoms. The Balaban J connectivity index is 1.77. The summed E-state index contributed by atoms with van der Waals surface area (Å²) in [7, 11) is 1.86. The monoisotopic (exact) mass is 387 g/mol. The van der Waals surface area contributed by atoms with E-state index in [1.807, 2.05) is 7.05 Å². The van der Waals surface area contributed by atoms with E-state index < -0.39 is 5.63 Å². The van der Waals surface area contributed by atoms with Gasteiger partial charge in [-0.25, -0.2) is 4.79 Å². The molecule has 6 nitrogen and oxygen atoms in total. The molecule has 1 aromatic heterocycles. The highest BCUT2D eigenvalue weighted by atomic mass is 35.5. The van der Waals surface area contributed by atoms with Gasteiger partial charge in [-0.15, -0.1) is 0 Å². The number of halogens is 1. The molecule has 1 unspecified atom stereocenters. The smallest absolute Gasteiger partial charge is 0.336 e. The van der Waals surface area contributed by atoms with Crippen LogP contribution in [0, 0.1) is 6.92 Å². The summed E-state index contributed by atoms with van der Waals surface area (Å²) in [5.41, 5.74) is 1.71. The Kier molecular flexibility index (Phi) is 5.48. The summed E-state index contributed by atoms with van der Waals surface area (Å²) in [6.45, 7) is 2.34. The topological polar surface area (TPSA) is 84.0 Å². The molecule has 3 rings (SSSR count). The molecule has 0 saturated carbocycles. The number of aryl methyl sites for hydroxylation is 1. The number of hydrogen-bond acceptors (Lipinski definition) is 4. The maximum atomic E-state index is 12.3. The van der Waals surface area contributed by atoms with E-state index in [-0.39, 0.29) is 18.2 Å². The number of hydrogen-bond donors (Lipinski definition) is 3. The Morgan fingerprint density at radius 1 is 1.26 bits per heavy atom. The molecule has 140 valence electrons. The summed E-state index contributed by atoms with van der Waals surface area (Å²) < 4.78 is 5.25. The Labute approximate surface area is 161 Å². The van der Waals surface area contributed by atoms with E-state index in [1.165, 1.54) is 6.07 Å². The number of para-hydroxylation sites is 1. The van der Waals surface area contributed by atoms with Crippen molar-refractivity contribution in [3.05, 3.63) is 69.0 Å². The summed E-state index contributed by atoms with van der Waals surface area (Å²) in [6.07, 6.45) is 0. The molecule has 2 aromatic carbocycles. The minimum Gasteiger partial charge on any atom is -0.508 e. The maximum Gasteiger partial charge on any atom is 0.336 e. The van der Waals surface area contributed by atoms with E-state index >= 15 is 0 Å². The van der Waals surface area contributed by atoms with Crippen molar-refractivity contribution in [2.75, 3.05) is 18.9 Å². The predicted octanol–water partition coefficient (Wildman–Crippen LogP) is 2.11. The molecule has 27 heavy (non-hydrogen) atoms. The first kappa shape index (κ1) is 18.9. The maximum absolute atomic E-state index is 12.3. The van der Waals surface area contributed by atoms with Crippen LogP contribution in [0.15, 0.2) is 51.7 Å². The number of phenols is 1. The molecule has 0 spiro atoms. The number of phenolic OH excluding ortho intramolecular Hbond substituents is 1. The molecule has 3 aromatic rings. The van der Waals surface area contributed by atoms with Gasteiger partial charge in [0.1, 0.15) is 17.9 Å². The molecule has 1 atom stereocenters. The van der Waals surface area contributed by atoms with Crippen molar-refractivity contribution in [2.45, 2.75) is 13.5 Å². The summed E-state index contributed by atoms with van der Waals surface area (Å²) >= 11 is 6.06. The van der Waals surface area contributed by atoms with Crippen LogP contribution in [-0.2, 0) is 11.3 Å². The quantitative estimate of drug-likeness (QED) is 0.585. The van der Waals surface area contributed by atoms with E-state index in [2.05, 4.69) is 5.32 Å². The lowest BCUT2D eigenvalue weighted by Crippen LogP contribution is -3.08. The number of nitrogens with one attached hydrogen (secondary N) is 2. The lowest BCUT2D eigenvalue weighted by molar-refractivity contribution is -0.885. The minimum absolute atomic E-state index is 0.0719. The molecule has 1 amide bonds. The number of fused-ring (bicyclic) bond motifs is 1. The molecule has 0 fully saturated rings. The molecule has 0 aliphatic rings. The third-order valence-corrected chi connectivity index (χ3v) is 4.65. The van der Waals surface area contributed by atoms with Crippen LogP contribution >= 0.6 is 11.6 Å². The fourth-order valence-electron chi connectivity index (χ4n) is 2.98. The second-order valence-corrected chi connectivity index (χ2v) is 6.92. The van der Waals surface area contributed by atoms with E-state index in [9.17, 15) is 14.7 Å². The van der Waals surface area contributed by atoms with Crippen LogP contribution in [0.1, 0.15) is 11.1 Å². The molecular formula is C20H20ClN2O4+. The minimum atomic E-state index is -0.487. The van der Waals surface area contributed by atoms with E-state index in [1.54, 1.807) is 43.3 Å². The molecular weight excluding hydrogens is 368 g/mol. The zero-order valence-corrected chi connectivity index (χ0v) is 15.8. The molecule has 0 aliphatic heterocycles. The molecule has 3 N–H and O–H groups in total. The third kappa shape index (κ3) is 4.30. The van der Waals surface area contributed by atoms with Gasteiger partial charge >= 0.3 is 5.63 Å². The number of benzene rings is 2. The Morgan fingerprint density at radius 3 is 2.74 bits per heavy atom. The molecule has 0 radical (unpaired) electrons. The van der Waals surface area contributed by atoms with E-state index in [0.717, 1.165) is 15.8 Å². The molecule has 0 saturated heterocycles. The van der Waals surface area contributed by atoms with Gasteiger partial charge in [0.2, 0.25) is 0 Å². The van der Waals surface area contributed by atoms with Gasteiger partial charge in [0, 0.05) is 22.6 Å². The SMILES string of the molecule is Cc1c(O)ccc2c(C[NH+](C)CC(=O)Nc3ccccc3Cl)cc(=O)oc12. The van der Waals surface area contributed by atoms with Crippen molar-refractivity contribution in [2.24, 2.45) is 0 Å². The number of anilines is 1. The zero-order valence-electron chi connectivity index (χ0n) is 15.0. The van der Waals surface area contributed by atoms with Crippen molar-refractivity contribution in [1.29, 1.82) is 0 Å². The van der Waals surface area contributed by atoms with Crippen LogP contribution in [-0.4, -0.2) is 24.6 Å². The number of carbonyl (C=O) groups excluding carboxylic acids is 1. The van der Waals surface area contributed by atoms with Gasteiger partial charge in [-0.1, -0.05) is 23.7 Å².